The Labute approximate surface area is 99.9 Å². The second-order valence-electron chi connectivity index (χ2n) is 3.49. The highest BCUT2D eigenvalue weighted by atomic mass is 16.5. The molecule has 2 N–H and O–H groups in total. The molecule has 0 fully saturated rings. The molecule has 0 bridgehead atoms. The fourth-order valence-electron chi connectivity index (χ4n) is 1.34. The van der Waals surface area contributed by atoms with Gasteiger partial charge in [-0.2, -0.15) is 0 Å². The summed E-state index contributed by atoms with van der Waals surface area (Å²) in [5.74, 6) is -0.579. The Morgan fingerprint density at radius 2 is 2.24 bits per heavy atom. The second-order valence-corrected chi connectivity index (χ2v) is 3.49. The van der Waals surface area contributed by atoms with Crippen LogP contribution in [0.2, 0.25) is 0 Å². The largest absolute Gasteiger partial charge is 0.490 e. The van der Waals surface area contributed by atoms with E-state index in [0.29, 0.717) is 17.7 Å². The molecule has 1 aromatic rings. The molecule has 0 spiro atoms. The first kappa shape index (κ1) is 13.4. The van der Waals surface area contributed by atoms with Gasteiger partial charge in [-0.1, -0.05) is 13.5 Å². The lowest BCUT2D eigenvalue weighted by atomic mass is 9.80. The standard InChI is InChI=1S/C11H14BNO4/c1-4-7(2)10-9(11(14)17-3)5-8(6-13-10)12(15)16/h5-6,15-16H,2,4H2,1,3H3. The smallest absolute Gasteiger partial charge is 0.465 e. The first-order chi connectivity index (χ1) is 8.01. The van der Waals surface area contributed by atoms with Crippen molar-refractivity contribution in [3.05, 3.63) is 30.1 Å². The van der Waals surface area contributed by atoms with E-state index in [0.717, 1.165) is 0 Å². The summed E-state index contributed by atoms with van der Waals surface area (Å²) in [5.41, 5.74) is 1.43. The Morgan fingerprint density at radius 3 is 2.71 bits per heavy atom. The van der Waals surface area contributed by atoms with Gasteiger partial charge in [0.15, 0.2) is 0 Å². The minimum atomic E-state index is -1.67. The third kappa shape index (κ3) is 2.92. The van der Waals surface area contributed by atoms with Gasteiger partial charge in [0, 0.05) is 11.7 Å². The van der Waals surface area contributed by atoms with Crippen LogP contribution >= 0.6 is 0 Å². The summed E-state index contributed by atoms with van der Waals surface area (Å²) in [4.78, 5) is 15.6. The lowest BCUT2D eigenvalue weighted by molar-refractivity contribution is 0.0600. The van der Waals surface area contributed by atoms with E-state index in [-0.39, 0.29) is 11.0 Å². The maximum Gasteiger partial charge on any atom is 0.490 e. The number of hydrogen-bond acceptors (Lipinski definition) is 5. The van der Waals surface area contributed by atoms with Crippen molar-refractivity contribution in [2.45, 2.75) is 13.3 Å². The molecule has 5 nitrogen and oxygen atoms in total. The van der Waals surface area contributed by atoms with Crippen LogP contribution in [0, 0.1) is 0 Å². The van der Waals surface area contributed by atoms with Gasteiger partial charge < -0.3 is 14.8 Å². The minimum absolute atomic E-state index is 0.137. The number of carbonyl (C=O) groups is 1. The molecule has 0 radical (unpaired) electrons. The van der Waals surface area contributed by atoms with Crippen molar-refractivity contribution in [1.82, 2.24) is 4.98 Å². The number of esters is 1. The van der Waals surface area contributed by atoms with Crippen molar-refractivity contribution >= 4 is 24.1 Å². The van der Waals surface area contributed by atoms with Crippen LogP contribution in [0.15, 0.2) is 18.8 Å². The molecule has 0 unspecified atom stereocenters. The molecule has 6 heteroatoms. The zero-order valence-corrected chi connectivity index (χ0v) is 9.80. The van der Waals surface area contributed by atoms with Crippen LogP contribution in [0.5, 0.6) is 0 Å². The summed E-state index contributed by atoms with van der Waals surface area (Å²) in [7, 11) is -0.419. The molecule has 1 heterocycles. The number of rotatable bonds is 4. The first-order valence-electron chi connectivity index (χ1n) is 5.13. The summed E-state index contributed by atoms with van der Waals surface area (Å²) in [6, 6.07) is 1.35. The van der Waals surface area contributed by atoms with Gasteiger partial charge in [-0.15, -0.1) is 0 Å². The van der Waals surface area contributed by atoms with Crippen LogP contribution in [-0.2, 0) is 4.74 Å². The first-order valence-corrected chi connectivity index (χ1v) is 5.13. The van der Waals surface area contributed by atoms with E-state index in [2.05, 4.69) is 16.3 Å². The molecule has 0 atom stereocenters. The van der Waals surface area contributed by atoms with Gasteiger partial charge in [-0.25, -0.2) is 4.79 Å². The molecule has 0 saturated heterocycles. The molecule has 0 saturated carbocycles. The van der Waals surface area contributed by atoms with Crippen LogP contribution in [0.1, 0.15) is 29.4 Å². The van der Waals surface area contributed by atoms with Crippen LogP contribution < -0.4 is 5.46 Å². The van der Waals surface area contributed by atoms with Crippen LogP contribution in [0.4, 0.5) is 0 Å². The van der Waals surface area contributed by atoms with Gasteiger partial charge >= 0.3 is 13.1 Å². The number of hydrogen-bond donors (Lipinski definition) is 2. The Bertz CT molecular complexity index is 445. The van der Waals surface area contributed by atoms with Gasteiger partial charge in [0.2, 0.25) is 0 Å². The quantitative estimate of drug-likeness (QED) is 0.565. The number of methoxy groups -OCH3 is 1. The molecule has 1 rings (SSSR count). The predicted octanol–water partition coefficient (Wildman–Crippen LogP) is -0.0288. The highest BCUT2D eigenvalue weighted by Gasteiger charge is 2.19. The number of aromatic nitrogens is 1. The van der Waals surface area contributed by atoms with Crippen LogP contribution in [0.3, 0.4) is 0 Å². The number of allylic oxidation sites excluding steroid dienone is 1. The average Bonchev–Trinajstić information content (AvgIpc) is 2.35. The van der Waals surface area contributed by atoms with Gasteiger partial charge in [0.25, 0.3) is 0 Å². The normalized spacial score (nSPS) is 9.88. The van der Waals surface area contributed by atoms with Crippen molar-refractivity contribution in [3.8, 4) is 0 Å². The van der Waals surface area contributed by atoms with E-state index >= 15 is 0 Å². The van der Waals surface area contributed by atoms with Crippen molar-refractivity contribution < 1.29 is 19.6 Å². The Morgan fingerprint density at radius 1 is 1.59 bits per heavy atom. The van der Waals surface area contributed by atoms with E-state index in [4.69, 9.17) is 10.0 Å². The second kappa shape index (κ2) is 5.61. The molecule has 0 amide bonds. The summed E-state index contributed by atoms with van der Waals surface area (Å²) >= 11 is 0. The Kier molecular flexibility index (Phi) is 4.42. The highest BCUT2D eigenvalue weighted by molar-refractivity contribution is 6.58. The molecule has 17 heavy (non-hydrogen) atoms. The third-order valence-corrected chi connectivity index (χ3v) is 2.37. The summed E-state index contributed by atoms with van der Waals surface area (Å²) in [6.07, 6.45) is 1.94. The van der Waals surface area contributed by atoms with E-state index in [1.165, 1.54) is 19.4 Å². The molecule has 0 aliphatic rings. The topological polar surface area (TPSA) is 79.7 Å². The zero-order chi connectivity index (χ0) is 13.0. The number of ether oxygens (including phenoxy) is 1. The third-order valence-electron chi connectivity index (χ3n) is 2.37. The molecule has 0 aromatic carbocycles. The highest BCUT2D eigenvalue weighted by Crippen LogP contribution is 2.17. The molecule has 0 aliphatic heterocycles. The summed E-state index contributed by atoms with van der Waals surface area (Å²) in [5, 5.41) is 18.1. The van der Waals surface area contributed by atoms with Crippen molar-refractivity contribution in [2.75, 3.05) is 7.11 Å². The maximum absolute atomic E-state index is 11.6. The van der Waals surface area contributed by atoms with E-state index in [1.807, 2.05) is 6.92 Å². The van der Waals surface area contributed by atoms with Crippen LogP contribution in [-0.4, -0.2) is 35.2 Å². The fourth-order valence-corrected chi connectivity index (χ4v) is 1.34. The van der Waals surface area contributed by atoms with Gasteiger partial charge in [0.05, 0.1) is 18.4 Å². The Hall–Kier alpha value is -1.66. The maximum atomic E-state index is 11.6. The number of pyridine rings is 1. The summed E-state index contributed by atoms with van der Waals surface area (Å²) < 4.78 is 4.62. The lowest BCUT2D eigenvalue weighted by Crippen LogP contribution is -2.31. The monoisotopic (exact) mass is 235 g/mol. The summed E-state index contributed by atoms with van der Waals surface area (Å²) in [6.45, 7) is 5.69. The van der Waals surface area contributed by atoms with E-state index in [1.54, 1.807) is 0 Å². The zero-order valence-electron chi connectivity index (χ0n) is 9.80. The van der Waals surface area contributed by atoms with Gasteiger partial charge in [-0.3, -0.25) is 4.98 Å². The van der Waals surface area contributed by atoms with Crippen molar-refractivity contribution in [2.24, 2.45) is 0 Å². The fraction of sp³-hybridized carbons (Fsp3) is 0.273. The van der Waals surface area contributed by atoms with Crippen LogP contribution in [0.25, 0.3) is 5.57 Å². The number of nitrogens with zero attached hydrogens (tertiary/aromatic N) is 1. The SMILES string of the molecule is C=C(CC)c1ncc(B(O)O)cc1C(=O)OC. The molecule has 0 aliphatic carbocycles. The lowest BCUT2D eigenvalue weighted by Gasteiger charge is -2.10. The Balaban J connectivity index is 3.31. The average molecular weight is 235 g/mol. The minimum Gasteiger partial charge on any atom is -0.465 e. The number of carbonyl (C=O) groups excluding carboxylic acids is 1. The molecular formula is C11H14BNO4. The molecular weight excluding hydrogens is 221 g/mol. The van der Waals surface area contributed by atoms with Crippen molar-refractivity contribution in [1.29, 1.82) is 0 Å². The van der Waals surface area contributed by atoms with E-state index in [9.17, 15) is 4.79 Å². The van der Waals surface area contributed by atoms with Gasteiger partial charge in [-0.05, 0) is 18.1 Å². The molecule has 1 aromatic heterocycles. The van der Waals surface area contributed by atoms with Gasteiger partial charge in [0.1, 0.15) is 0 Å². The van der Waals surface area contributed by atoms with E-state index < -0.39 is 13.1 Å². The molecule has 90 valence electrons. The van der Waals surface area contributed by atoms with Crippen molar-refractivity contribution in [3.63, 3.8) is 0 Å². The predicted molar refractivity (Wildman–Crippen MR) is 64.7 cm³/mol.